The van der Waals surface area contributed by atoms with Gasteiger partial charge in [0.2, 0.25) is 0 Å². The van der Waals surface area contributed by atoms with Crippen molar-refractivity contribution in [3.8, 4) is 0 Å². The number of amides is 1. The van der Waals surface area contributed by atoms with Gasteiger partial charge in [-0.15, -0.1) is 0 Å². The Morgan fingerprint density at radius 2 is 1.92 bits per heavy atom. The number of likely N-dealkylation sites (N-methyl/N-ethyl adjacent to an activating group) is 1. The first kappa shape index (κ1) is 25.1. The average Bonchev–Trinajstić information content (AvgIpc) is 3.57. The molecule has 37 heavy (non-hydrogen) atoms. The minimum atomic E-state index is -1.39. The molecule has 0 radical (unpaired) electrons. The molecular weight excluding hydrogens is 480 g/mol. The minimum Gasteiger partial charge on any atom is -0.466 e. The molecule has 0 aliphatic carbocycles. The molecule has 3 aliphatic rings. The number of fused-ring (bicyclic) bond motifs is 2. The first-order valence-corrected chi connectivity index (χ1v) is 12.2. The van der Waals surface area contributed by atoms with E-state index in [1.165, 1.54) is 19.2 Å². The third kappa shape index (κ3) is 4.89. The quantitative estimate of drug-likeness (QED) is 0.421. The Morgan fingerprint density at radius 3 is 2.57 bits per heavy atom. The zero-order valence-corrected chi connectivity index (χ0v) is 20.7. The summed E-state index contributed by atoms with van der Waals surface area (Å²) in [5.41, 5.74) is -0.00626. The normalized spacial score (nSPS) is 25.4. The predicted octanol–water partition coefficient (Wildman–Crippen LogP) is 2.99. The molecule has 5 rings (SSSR count). The molecule has 9 heteroatoms. The summed E-state index contributed by atoms with van der Waals surface area (Å²) in [5.74, 6) is -2.55. The largest absolute Gasteiger partial charge is 0.466 e. The van der Waals surface area contributed by atoms with E-state index in [-0.39, 0.29) is 28.8 Å². The van der Waals surface area contributed by atoms with Crippen LogP contribution in [0.1, 0.15) is 12.0 Å². The Morgan fingerprint density at radius 1 is 1.19 bits per heavy atom. The molecule has 0 spiro atoms. The van der Waals surface area contributed by atoms with E-state index < -0.39 is 35.4 Å². The number of rotatable bonds is 8. The van der Waals surface area contributed by atoms with Crippen LogP contribution in [-0.2, 0) is 25.5 Å². The highest BCUT2D eigenvalue weighted by Crippen LogP contribution is 2.47. The van der Waals surface area contributed by atoms with Crippen LogP contribution >= 0.6 is 0 Å². The number of esters is 1. The second kappa shape index (κ2) is 10.1. The molecule has 0 saturated carbocycles. The summed E-state index contributed by atoms with van der Waals surface area (Å²) in [6.45, 7) is 1.58. The average molecular weight is 510 g/mol. The lowest BCUT2D eigenvalue weighted by Gasteiger charge is -2.36. The van der Waals surface area contributed by atoms with Gasteiger partial charge in [-0.3, -0.25) is 4.79 Å². The van der Waals surface area contributed by atoms with Gasteiger partial charge in [0.25, 0.3) is 5.91 Å². The summed E-state index contributed by atoms with van der Waals surface area (Å²) in [6.07, 6.45) is 3.86. The summed E-state index contributed by atoms with van der Waals surface area (Å²) < 4.78 is 39.6. The summed E-state index contributed by atoms with van der Waals surface area (Å²) >= 11 is 0. The van der Waals surface area contributed by atoms with Crippen LogP contribution in [0.2, 0.25) is 0 Å². The number of likely N-dealkylation sites (tertiary alicyclic amines) is 1. The molecule has 2 N–H and O–H groups in total. The molecule has 7 nitrogen and oxygen atoms in total. The minimum absolute atomic E-state index is 0.0449. The fourth-order valence-electron chi connectivity index (χ4n) is 5.47. The van der Waals surface area contributed by atoms with Crippen LogP contribution in [0.4, 0.5) is 14.5 Å². The Labute approximate surface area is 214 Å². The fraction of sp³-hybridized carbons (Fsp3) is 0.357. The Hall–Kier alpha value is -3.56. The summed E-state index contributed by atoms with van der Waals surface area (Å²) in [5, 5.41) is 6.22. The monoisotopic (exact) mass is 509 g/mol. The first-order chi connectivity index (χ1) is 17.8. The smallest absolute Gasteiger partial charge is 0.337 e. The van der Waals surface area contributed by atoms with Crippen molar-refractivity contribution in [2.75, 3.05) is 32.6 Å². The zero-order chi connectivity index (χ0) is 26.2. The van der Waals surface area contributed by atoms with Gasteiger partial charge >= 0.3 is 5.97 Å². The molecule has 3 aliphatic heterocycles. The van der Waals surface area contributed by atoms with Crippen LogP contribution in [0.25, 0.3) is 0 Å². The number of methoxy groups -OCH3 is 1. The molecule has 1 amide bonds. The van der Waals surface area contributed by atoms with Gasteiger partial charge in [0, 0.05) is 24.3 Å². The number of anilines is 1. The lowest BCUT2D eigenvalue weighted by Crippen LogP contribution is -2.50. The van der Waals surface area contributed by atoms with Crippen molar-refractivity contribution in [2.24, 2.45) is 0 Å². The van der Waals surface area contributed by atoms with Crippen molar-refractivity contribution < 1.29 is 27.8 Å². The summed E-state index contributed by atoms with van der Waals surface area (Å²) in [6, 6.07) is 11.9. The van der Waals surface area contributed by atoms with Gasteiger partial charge in [-0.2, -0.15) is 0 Å². The Kier molecular flexibility index (Phi) is 6.83. The van der Waals surface area contributed by atoms with E-state index in [2.05, 4.69) is 15.5 Å². The maximum atomic E-state index is 14.1. The van der Waals surface area contributed by atoms with Gasteiger partial charge in [0.15, 0.2) is 0 Å². The van der Waals surface area contributed by atoms with Gasteiger partial charge in [-0.05, 0) is 50.2 Å². The first-order valence-electron chi connectivity index (χ1n) is 12.2. The summed E-state index contributed by atoms with van der Waals surface area (Å²) in [7, 11) is 3.24. The molecule has 2 aromatic rings. The highest BCUT2D eigenvalue weighted by molar-refractivity contribution is 6.07. The molecule has 4 unspecified atom stereocenters. The number of hydrogen-bond donors (Lipinski definition) is 2. The van der Waals surface area contributed by atoms with Crippen LogP contribution in [0.3, 0.4) is 0 Å². The van der Waals surface area contributed by atoms with Crippen molar-refractivity contribution in [1.82, 2.24) is 10.2 Å². The third-order valence-electron chi connectivity index (χ3n) is 7.15. The number of carbonyl (C=O) groups excluding carboxylic acids is 2. The number of ether oxygens (including phenoxy) is 2. The number of carbonyl (C=O) groups is 2. The van der Waals surface area contributed by atoms with Crippen LogP contribution < -0.4 is 10.6 Å². The van der Waals surface area contributed by atoms with Gasteiger partial charge in [-0.25, -0.2) is 13.6 Å². The maximum absolute atomic E-state index is 14.1. The molecule has 2 bridgehead atoms. The van der Waals surface area contributed by atoms with Gasteiger partial charge in [0.05, 0.1) is 24.3 Å². The molecule has 1 fully saturated rings. The molecule has 3 heterocycles. The standard InChI is InChI=1S/C28H29F2N3O4/c1-33-11-9-20(16-33)32-26(34)24-22-8-10-28(37-22,25(24)27(35)36-2)23(12-17-6-4-3-5-7-17)31-21-14-18(29)13-19(30)15-21/h3-8,10,13-15,20,22-23,31H,9,11-12,16H2,1-2H3,(H,32,34). The van der Waals surface area contributed by atoms with E-state index in [9.17, 15) is 18.4 Å². The van der Waals surface area contributed by atoms with E-state index in [0.717, 1.165) is 24.6 Å². The van der Waals surface area contributed by atoms with E-state index in [1.54, 1.807) is 12.2 Å². The van der Waals surface area contributed by atoms with Crippen molar-refractivity contribution in [1.29, 1.82) is 0 Å². The van der Waals surface area contributed by atoms with E-state index in [1.807, 2.05) is 37.4 Å². The van der Waals surface area contributed by atoms with Gasteiger partial charge in [-0.1, -0.05) is 36.4 Å². The molecular formula is C28H29F2N3O4. The molecule has 0 aromatic heterocycles. The molecule has 1 saturated heterocycles. The Balaban J connectivity index is 1.55. The fourth-order valence-corrected chi connectivity index (χ4v) is 5.47. The second-order valence-corrected chi connectivity index (χ2v) is 9.74. The number of halogens is 2. The van der Waals surface area contributed by atoms with E-state index >= 15 is 0 Å². The highest BCUT2D eigenvalue weighted by atomic mass is 19.1. The third-order valence-corrected chi connectivity index (χ3v) is 7.15. The van der Waals surface area contributed by atoms with Gasteiger partial charge in [0.1, 0.15) is 23.3 Å². The van der Waals surface area contributed by atoms with Crippen molar-refractivity contribution in [2.45, 2.75) is 36.6 Å². The number of hydrogen-bond acceptors (Lipinski definition) is 6. The predicted molar refractivity (Wildman–Crippen MR) is 134 cm³/mol. The number of nitrogens with one attached hydrogen (secondary N) is 2. The van der Waals surface area contributed by atoms with Crippen molar-refractivity contribution >= 4 is 17.6 Å². The van der Waals surface area contributed by atoms with Crippen molar-refractivity contribution in [3.63, 3.8) is 0 Å². The van der Waals surface area contributed by atoms with E-state index in [0.29, 0.717) is 13.0 Å². The molecule has 4 atom stereocenters. The lowest BCUT2D eigenvalue weighted by molar-refractivity contribution is -0.138. The van der Waals surface area contributed by atoms with Crippen LogP contribution in [0.5, 0.6) is 0 Å². The lowest BCUT2D eigenvalue weighted by atomic mass is 9.78. The van der Waals surface area contributed by atoms with Crippen LogP contribution in [0.15, 0.2) is 71.8 Å². The van der Waals surface area contributed by atoms with Gasteiger partial charge < -0.3 is 25.0 Å². The van der Waals surface area contributed by atoms with Crippen LogP contribution in [-0.4, -0.2) is 67.8 Å². The second-order valence-electron chi connectivity index (χ2n) is 9.74. The number of nitrogens with zero attached hydrogens (tertiary/aromatic N) is 1. The molecule has 2 aromatic carbocycles. The Bertz CT molecular complexity index is 1250. The topological polar surface area (TPSA) is 79.9 Å². The zero-order valence-electron chi connectivity index (χ0n) is 20.7. The summed E-state index contributed by atoms with van der Waals surface area (Å²) in [4.78, 5) is 28.8. The van der Waals surface area contributed by atoms with Crippen molar-refractivity contribution in [3.05, 3.63) is 89.0 Å². The number of benzene rings is 2. The maximum Gasteiger partial charge on any atom is 0.337 e. The van der Waals surface area contributed by atoms with E-state index in [4.69, 9.17) is 9.47 Å². The van der Waals surface area contributed by atoms with Crippen LogP contribution in [0, 0.1) is 11.6 Å². The molecule has 194 valence electrons. The SMILES string of the molecule is COC(=O)C1=C(C(=O)NC2CCN(C)C2)C2C=CC1(C(Cc1ccccc1)Nc1cc(F)cc(F)c1)O2. The highest BCUT2D eigenvalue weighted by Gasteiger charge is 2.58.